The number of hydrogen-bond acceptors (Lipinski definition) is 3. The van der Waals surface area contributed by atoms with Gasteiger partial charge < -0.3 is 5.11 Å². The zero-order valence-corrected chi connectivity index (χ0v) is 12.0. The molecule has 0 aromatic carbocycles. The molecule has 2 heterocycles. The van der Waals surface area contributed by atoms with Crippen LogP contribution >= 0.6 is 11.3 Å². The molecule has 0 aliphatic heterocycles. The van der Waals surface area contributed by atoms with Gasteiger partial charge in [-0.05, 0) is 55.9 Å². The van der Waals surface area contributed by atoms with Gasteiger partial charge in [0.05, 0.1) is 0 Å². The second-order valence-electron chi connectivity index (χ2n) is 5.29. The minimum absolute atomic E-state index is 0.523. The Morgan fingerprint density at radius 1 is 1.26 bits per heavy atom. The zero-order chi connectivity index (χ0) is 13.2. The molecule has 0 saturated carbocycles. The molecule has 1 aliphatic carbocycles. The van der Waals surface area contributed by atoms with E-state index in [1.165, 1.54) is 42.5 Å². The lowest BCUT2D eigenvalue weighted by Gasteiger charge is -2.11. The van der Waals surface area contributed by atoms with Crippen LogP contribution in [-0.4, -0.2) is 10.1 Å². The van der Waals surface area contributed by atoms with Gasteiger partial charge in [-0.3, -0.25) is 4.98 Å². The molecule has 0 bridgehead atoms. The number of thiophene rings is 1. The van der Waals surface area contributed by atoms with Gasteiger partial charge in [-0.2, -0.15) is 0 Å². The molecule has 0 fully saturated rings. The van der Waals surface area contributed by atoms with Gasteiger partial charge in [0, 0.05) is 27.7 Å². The molecule has 1 N–H and O–H groups in total. The Hall–Kier alpha value is -1.19. The molecule has 0 radical (unpaired) electrons. The average Bonchev–Trinajstić information content (AvgIpc) is 2.70. The summed E-state index contributed by atoms with van der Waals surface area (Å²) in [5.74, 6) is 0. The van der Waals surface area contributed by atoms with Crippen molar-refractivity contribution < 1.29 is 5.11 Å². The van der Waals surface area contributed by atoms with Crippen LogP contribution in [0.1, 0.15) is 51.8 Å². The van der Waals surface area contributed by atoms with Gasteiger partial charge in [0.2, 0.25) is 0 Å². The van der Waals surface area contributed by atoms with Crippen molar-refractivity contribution in [3.8, 4) is 0 Å². The van der Waals surface area contributed by atoms with Crippen molar-refractivity contribution in [3.63, 3.8) is 0 Å². The van der Waals surface area contributed by atoms with E-state index in [0.29, 0.717) is 0 Å². The average molecular weight is 273 g/mol. The Morgan fingerprint density at radius 3 is 2.95 bits per heavy atom. The minimum atomic E-state index is -0.523. The van der Waals surface area contributed by atoms with E-state index in [4.69, 9.17) is 0 Å². The first-order valence-corrected chi connectivity index (χ1v) is 7.77. The highest BCUT2D eigenvalue weighted by Gasteiger charge is 2.19. The molecule has 1 unspecified atom stereocenters. The summed E-state index contributed by atoms with van der Waals surface area (Å²) in [5, 5.41) is 10.6. The van der Waals surface area contributed by atoms with Gasteiger partial charge in [0.15, 0.2) is 0 Å². The van der Waals surface area contributed by atoms with E-state index < -0.39 is 6.10 Å². The summed E-state index contributed by atoms with van der Waals surface area (Å²) < 4.78 is 0. The maximum Gasteiger partial charge on any atom is 0.115 e. The van der Waals surface area contributed by atoms with Crippen LogP contribution in [0, 0.1) is 6.92 Å². The monoisotopic (exact) mass is 273 g/mol. The number of aromatic nitrogens is 1. The molecule has 3 heteroatoms. The van der Waals surface area contributed by atoms with E-state index in [9.17, 15) is 5.11 Å². The van der Waals surface area contributed by atoms with Gasteiger partial charge >= 0.3 is 0 Å². The van der Waals surface area contributed by atoms with E-state index in [1.54, 1.807) is 23.7 Å². The molecular formula is C16H19NOS. The van der Waals surface area contributed by atoms with E-state index >= 15 is 0 Å². The Balaban J connectivity index is 1.92. The Kier molecular flexibility index (Phi) is 3.67. The number of rotatable bonds is 2. The van der Waals surface area contributed by atoms with Crippen molar-refractivity contribution in [1.29, 1.82) is 0 Å². The molecule has 3 rings (SSSR count). The topological polar surface area (TPSA) is 33.1 Å². The summed E-state index contributed by atoms with van der Waals surface area (Å²) in [6, 6.07) is 4.17. The number of aliphatic hydroxyl groups is 1. The van der Waals surface area contributed by atoms with Gasteiger partial charge in [-0.15, -0.1) is 11.3 Å². The van der Waals surface area contributed by atoms with Crippen LogP contribution in [0.4, 0.5) is 0 Å². The van der Waals surface area contributed by atoms with Crippen molar-refractivity contribution in [2.75, 3.05) is 0 Å². The van der Waals surface area contributed by atoms with Crippen LogP contribution < -0.4 is 0 Å². The SMILES string of the molecule is Cc1ccncc1C(O)c1cc2c(s1)CCCCC2. The molecule has 0 amide bonds. The van der Waals surface area contributed by atoms with E-state index in [2.05, 4.69) is 11.1 Å². The molecule has 100 valence electrons. The highest BCUT2D eigenvalue weighted by atomic mass is 32.1. The number of aliphatic hydroxyl groups excluding tert-OH is 1. The van der Waals surface area contributed by atoms with Crippen molar-refractivity contribution in [2.24, 2.45) is 0 Å². The second-order valence-corrected chi connectivity index (χ2v) is 6.46. The highest BCUT2D eigenvalue weighted by molar-refractivity contribution is 7.12. The maximum atomic E-state index is 10.6. The molecule has 2 aromatic heterocycles. The Morgan fingerprint density at radius 2 is 2.11 bits per heavy atom. The van der Waals surface area contributed by atoms with Crippen molar-refractivity contribution in [1.82, 2.24) is 4.98 Å². The van der Waals surface area contributed by atoms with Gasteiger partial charge in [0.25, 0.3) is 0 Å². The summed E-state index contributed by atoms with van der Waals surface area (Å²) >= 11 is 1.78. The lowest BCUT2D eigenvalue weighted by atomic mass is 10.0. The molecular weight excluding hydrogens is 254 g/mol. The van der Waals surface area contributed by atoms with E-state index in [1.807, 2.05) is 13.0 Å². The molecule has 1 aliphatic rings. The molecule has 19 heavy (non-hydrogen) atoms. The first-order valence-electron chi connectivity index (χ1n) is 6.96. The van der Waals surface area contributed by atoms with Crippen LogP contribution in [0.2, 0.25) is 0 Å². The van der Waals surface area contributed by atoms with Gasteiger partial charge in [-0.1, -0.05) is 6.42 Å². The van der Waals surface area contributed by atoms with Gasteiger partial charge in [0.1, 0.15) is 6.10 Å². The third kappa shape index (κ3) is 2.58. The first-order chi connectivity index (χ1) is 9.25. The van der Waals surface area contributed by atoms with Crippen molar-refractivity contribution >= 4 is 11.3 Å². The third-order valence-electron chi connectivity index (χ3n) is 3.91. The van der Waals surface area contributed by atoms with Crippen molar-refractivity contribution in [3.05, 3.63) is 51.0 Å². The largest absolute Gasteiger partial charge is 0.383 e. The predicted octanol–water partition coefficient (Wildman–Crippen LogP) is 3.80. The fourth-order valence-electron chi connectivity index (χ4n) is 2.74. The van der Waals surface area contributed by atoms with Gasteiger partial charge in [-0.25, -0.2) is 0 Å². The summed E-state index contributed by atoms with van der Waals surface area (Å²) in [7, 11) is 0. The predicted molar refractivity (Wildman–Crippen MR) is 78.6 cm³/mol. The third-order valence-corrected chi connectivity index (χ3v) is 5.20. The number of pyridine rings is 1. The summed E-state index contributed by atoms with van der Waals surface area (Å²) in [6.45, 7) is 2.03. The minimum Gasteiger partial charge on any atom is -0.383 e. The number of aryl methyl sites for hydroxylation is 3. The molecule has 0 spiro atoms. The lowest BCUT2D eigenvalue weighted by Crippen LogP contribution is -2.00. The van der Waals surface area contributed by atoms with E-state index in [0.717, 1.165) is 16.0 Å². The van der Waals surface area contributed by atoms with Crippen LogP contribution in [0.25, 0.3) is 0 Å². The zero-order valence-electron chi connectivity index (χ0n) is 11.2. The number of fused-ring (bicyclic) bond motifs is 1. The molecule has 0 saturated heterocycles. The molecule has 1 atom stereocenters. The number of hydrogen-bond donors (Lipinski definition) is 1. The van der Waals surface area contributed by atoms with Crippen LogP contribution in [0.3, 0.4) is 0 Å². The standard InChI is InChI=1S/C16H19NOS/c1-11-7-8-17-10-13(11)16(18)15-9-12-5-3-2-4-6-14(12)19-15/h7-10,16,18H,2-6H2,1H3. The fraction of sp³-hybridized carbons (Fsp3) is 0.438. The Labute approximate surface area is 118 Å². The Bertz CT molecular complexity index is 552. The van der Waals surface area contributed by atoms with Crippen LogP contribution in [-0.2, 0) is 12.8 Å². The first kappa shape index (κ1) is 12.8. The quantitative estimate of drug-likeness (QED) is 0.844. The molecule has 2 aromatic rings. The fourth-order valence-corrected chi connectivity index (χ4v) is 4.00. The summed E-state index contributed by atoms with van der Waals surface area (Å²) in [5.41, 5.74) is 3.49. The van der Waals surface area contributed by atoms with E-state index in [-0.39, 0.29) is 0 Å². The maximum absolute atomic E-state index is 10.6. The summed E-state index contributed by atoms with van der Waals surface area (Å²) in [4.78, 5) is 6.69. The summed E-state index contributed by atoms with van der Waals surface area (Å²) in [6.07, 6.45) is 9.29. The molecule has 2 nitrogen and oxygen atoms in total. The smallest absolute Gasteiger partial charge is 0.115 e. The van der Waals surface area contributed by atoms with Crippen molar-refractivity contribution in [2.45, 2.75) is 45.1 Å². The number of nitrogens with zero attached hydrogens (tertiary/aromatic N) is 1. The lowest BCUT2D eigenvalue weighted by molar-refractivity contribution is 0.223. The van der Waals surface area contributed by atoms with Crippen LogP contribution in [0.5, 0.6) is 0 Å². The van der Waals surface area contributed by atoms with Crippen LogP contribution in [0.15, 0.2) is 24.5 Å². The normalized spacial score (nSPS) is 16.7. The second kappa shape index (κ2) is 5.43. The highest BCUT2D eigenvalue weighted by Crippen LogP contribution is 2.35.